The molecule has 2 aliphatic rings. The van der Waals surface area contributed by atoms with Crippen molar-refractivity contribution < 1.29 is 29.1 Å². The number of rotatable bonds is 11. The van der Waals surface area contributed by atoms with Crippen LogP contribution in [0.25, 0.3) is 0 Å². The average Bonchev–Trinajstić information content (AvgIpc) is 3.39. The van der Waals surface area contributed by atoms with Crippen LogP contribution in [0.3, 0.4) is 0 Å². The zero-order valence-electron chi connectivity index (χ0n) is 18.5. The van der Waals surface area contributed by atoms with Gasteiger partial charge >= 0.3 is 5.97 Å². The Labute approximate surface area is 216 Å². The molecule has 0 bridgehead atoms. The van der Waals surface area contributed by atoms with Gasteiger partial charge in [0.05, 0.1) is 0 Å². The first-order chi connectivity index (χ1) is 17.4. The van der Waals surface area contributed by atoms with Crippen molar-refractivity contribution >= 4 is 70.6 Å². The number of thioether (sulfide) groups is 2. The van der Waals surface area contributed by atoms with Crippen molar-refractivity contribution in [3.8, 4) is 0 Å². The summed E-state index contributed by atoms with van der Waals surface area (Å²) in [4.78, 5) is 63.0. The normalized spacial score (nSPS) is 19.3. The fraction of sp³-hybridized carbons (Fsp3) is 0.316. The number of carbonyl (C=O) groups excluding carboxylic acids is 3. The van der Waals surface area contributed by atoms with Crippen molar-refractivity contribution in [3.05, 3.63) is 34.9 Å². The number of oxime groups is 1. The monoisotopic (exact) mass is 550 g/mol. The zero-order chi connectivity index (χ0) is 25.7. The Morgan fingerprint density at radius 1 is 1.44 bits per heavy atom. The third-order valence-corrected chi connectivity index (χ3v) is 8.11. The predicted octanol–water partition coefficient (Wildman–Crippen LogP) is 0.168. The van der Waals surface area contributed by atoms with Gasteiger partial charge in [0, 0.05) is 17.7 Å². The van der Waals surface area contributed by atoms with E-state index in [9.17, 15) is 24.3 Å². The Morgan fingerprint density at radius 3 is 2.97 bits per heavy atom. The Kier molecular flexibility index (Phi) is 8.11. The maximum Gasteiger partial charge on any atom is 0.352 e. The van der Waals surface area contributed by atoms with E-state index in [0.29, 0.717) is 27.8 Å². The third kappa shape index (κ3) is 5.31. The van der Waals surface area contributed by atoms with Gasteiger partial charge in [0.25, 0.3) is 11.8 Å². The predicted molar refractivity (Wildman–Crippen MR) is 130 cm³/mol. The van der Waals surface area contributed by atoms with Gasteiger partial charge in [0.15, 0.2) is 10.2 Å². The molecule has 4 rings (SSSR count). The highest BCUT2D eigenvalue weighted by Crippen LogP contribution is 2.41. The zero-order valence-corrected chi connectivity index (χ0v) is 20.9. The maximum absolute atomic E-state index is 13.0. The Balaban J connectivity index is 1.51. The minimum Gasteiger partial charge on any atom is -0.477 e. The first-order valence-corrected chi connectivity index (χ1v) is 13.2. The minimum absolute atomic E-state index is 0.0922. The van der Waals surface area contributed by atoms with E-state index in [-0.39, 0.29) is 29.7 Å². The summed E-state index contributed by atoms with van der Waals surface area (Å²) in [6.45, 7) is 1.82. The molecule has 0 aromatic carbocycles. The molecule has 0 spiro atoms. The van der Waals surface area contributed by atoms with E-state index < -0.39 is 29.2 Å². The number of anilines is 1. The van der Waals surface area contributed by atoms with Crippen LogP contribution in [0.2, 0.25) is 0 Å². The molecule has 0 radical (unpaired) electrons. The van der Waals surface area contributed by atoms with Gasteiger partial charge in [-0.25, -0.2) is 14.8 Å². The highest BCUT2D eigenvalue weighted by atomic mass is 32.2. The van der Waals surface area contributed by atoms with E-state index in [0.717, 1.165) is 0 Å². The van der Waals surface area contributed by atoms with Crippen LogP contribution in [0.15, 0.2) is 38.5 Å². The molecule has 1 fully saturated rings. The van der Waals surface area contributed by atoms with Gasteiger partial charge < -0.3 is 20.6 Å². The van der Waals surface area contributed by atoms with E-state index >= 15 is 0 Å². The number of nitrogens with zero attached hydrogens (tertiary/aromatic N) is 6. The fourth-order valence-electron chi connectivity index (χ4n) is 3.31. The molecule has 0 saturated carbocycles. The van der Waals surface area contributed by atoms with Crippen molar-refractivity contribution in [2.75, 3.05) is 23.4 Å². The van der Waals surface area contributed by atoms with Crippen LogP contribution in [0.4, 0.5) is 5.82 Å². The van der Waals surface area contributed by atoms with Crippen LogP contribution in [0.5, 0.6) is 0 Å². The molecule has 14 nitrogen and oxygen atoms in total. The molecule has 4 heterocycles. The Morgan fingerprint density at radius 2 is 2.28 bits per heavy atom. The summed E-state index contributed by atoms with van der Waals surface area (Å²) in [5, 5.41) is 25.6. The number of amides is 3. The van der Waals surface area contributed by atoms with E-state index in [2.05, 4.69) is 36.0 Å². The van der Waals surface area contributed by atoms with Crippen LogP contribution in [0, 0.1) is 0 Å². The molecule has 188 valence electrons. The summed E-state index contributed by atoms with van der Waals surface area (Å²) in [5.74, 6) is -1.88. The van der Waals surface area contributed by atoms with E-state index in [1.54, 1.807) is 12.4 Å². The molecular weight excluding hydrogens is 532 g/mol. The number of aromatic nitrogens is 4. The number of aliphatic carboxylic acids is 1. The van der Waals surface area contributed by atoms with Crippen LogP contribution < -0.4 is 10.6 Å². The van der Waals surface area contributed by atoms with Crippen molar-refractivity contribution in [2.45, 2.75) is 22.7 Å². The molecule has 2 aromatic rings. The van der Waals surface area contributed by atoms with Gasteiger partial charge in [-0.15, -0.1) is 22.0 Å². The summed E-state index contributed by atoms with van der Waals surface area (Å²) < 4.78 is 0.690. The highest BCUT2D eigenvalue weighted by molar-refractivity contribution is 8.01. The topological polar surface area (TPSA) is 189 Å². The van der Waals surface area contributed by atoms with Crippen molar-refractivity contribution in [1.82, 2.24) is 30.4 Å². The lowest BCUT2D eigenvalue weighted by atomic mass is 10.0. The van der Waals surface area contributed by atoms with Crippen molar-refractivity contribution in [1.29, 1.82) is 0 Å². The molecule has 3 N–H and O–H groups in total. The molecule has 3 amide bonds. The second-order valence-electron chi connectivity index (χ2n) is 7.00. The van der Waals surface area contributed by atoms with Gasteiger partial charge in [0.1, 0.15) is 35.0 Å². The van der Waals surface area contributed by atoms with Gasteiger partial charge in [-0.1, -0.05) is 28.3 Å². The first kappa shape index (κ1) is 25.5. The first-order valence-electron chi connectivity index (χ1n) is 10.3. The van der Waals surface area contributed by atoms with Crippen LogP contribution in [-0.4, -0.2) is 89.6 Å². The SMILES string of the molecule is CCON=C(C(=O)NC1C(=O)N2C(C(=O)O)=C(CSc3nncs3)CS[C@H]12)c1nccc(NC=O)n1. The second-order valence-corrected chi connectivity index (χ2v) is 10.2. The lowest BCUT2D eigenvalue weighted by Crippen LogP contribution is -2.71. The quantitative estimate of drug-likeness (QED) is 0.113. The second kappa shape index (κ2) is 11.4. The molecule has 36 heavy (non-hydrogen) atoms. The third-order valence-electron chi connectivity index (χ3n) is 4.82. The van der Waals surface area contributed by atoms with Gasteiger partial charge in [-0.3, -0.25) is 19.3 Å². The van der Waals surface area contributed by atoms with Gasteiger partial charge in [0.2, 0.25) is 12.1 Å². The Hall–Kier alpha value is -3.57. The molecule has 0 aliphatic carbocycles. The largest absolute Gasteiger partial charge is 0.477 e. The number of hydrogen-bond donors (Lipinski definition) is 3. The molecule has 1 unspecified atom stereocenters. The Bertz CT molecular complexity index is 1240. The summed E-state index contributed by atoms with van der Waals surface area (Å²) in [5.41, 5.74) is 1.76. The van der Waals surface area contributed by atoms with Crippen LogP contribution in [0.1, 0.15) is 12.7 Å². The number of carboxylic acids is 1. The van der Waals surface area contributed by atoms with Crippen LogP contribution in [-0.2, 0) is 24.0 Å². The molecule has 2 aromatic heterocycles. The molecular formula is C19H18N8O6S3. The molecule has 2 aliphatic heterocycles. The number of carbonyl (C=O) groups is 4. The molecule has 2 atom stereocenters. The summed E-state index contributed by atoms with van der Waals surface area (Å²) in [6.07, 6.45) is 1.74. The van der Waals surface area contributed by atoms with E-state index in [4.69, 9.17) is 4.84 Å². The fourth-order valence-corrected chi connectivity index (χ4v) is 6.28. The van der Waals surface area contributed by atoms with Crippen molar-refractivity contribution in [2.24, 2.45) is 5.16 Å². The van der Waals surface area contributed by atoms with E-state index in [1.807, 2.05) is 0 Å². The van der Waals surface area contributed by atoms with Crippen LogP contribution >= 0.6 is 34.9 Å². The smallest absolute Gasteiger partial charge is 0.352 e. The number of β-lactam (4-membered cyclic amide) rings is 1. The van der Waals surface area contributed by atoms with E-state index in [1.165, 1.54) is 52.0 Å². The van der Waals surface area contributed by atoms with Crippen molar-refractivity contribution in [3.63, 3.8) is 0 Å². The standard InChI is InChI=1S/C19H18N8O6S3/c1-2-33-26-11(14-20-4-3-10(23-14)21-7-28)15(29)24-12-16(30)27-13(18(31)32)9(5-34-17(12)27)6-35-19-25-22-8-36-19/h3-4,7-8,12,17H,2,5-6H2,1H3,(H,24,29)(H,31,32)(H,20,21,23,28)/t12?,17-/m1/s1. The number of carboxylic acid groups (broad SMARTS) is 1. The minimum atomic E-state index is -1.22. The molecule has 1 saturated heterocycles. The van der Waals surface area contributed by atoms with Gasteiger partial charge in [-0.2, -0.15) is 0 Å². The molecule has 17 heteroatoms. The summed E-state index contributed by atoms with van der Waals surface area (Å²) in [6, 6.07) is 0.429. The average molecular weight is 551 g/mol. The highest BCUT2D eigenvalue weighted by Gasteiger charge is 2.54. The lowest BCUT2D eigenvalue weighted by Gasteiger charge is -2.49. The van der Waals surface area contributed by atoms with Gasteiger partial charge in [-0.05, 0) is 18.6 Å². The summed E-state index contributed by atoms with van der Waals surface area (Å²) in [7, 11) is 0. The lowest BCUT2D eigenvalue weighted by molar-refractivity contribution is -0.150. The number of nitrogens with one attached hydrogen (secondary N) is 2. The maximum atomic E-state index is 13.0. The number of hydrogen-bond acceptors (Lipinski definition) is 13. The number of fused-ring (bicyclic) bond motifs is 1. The summed E-state index contributed by atoms with van der Waals surface area (Å²) >= 11 is 4.02.